The first-order valence-electron chi connectivity index (χ1n) is 6.46. The van der Waals surface area contributed by atoms with Crippen LogP contribution < -0.4 is 0 Å². The van der Waals surface area contributed by atoms with Crippen molar-refractivity contribution in [3.05, 3.63) is 58.1 Å². The van der Waals surface area contributed by atoms with Gasteiger partial charge in [0.2, 0.25) is 0 Å². The van der Waals surface area contributed by atoms with Crippen LogP contribution in [0.3, 0.4) is 0 Å². The van der Waals surface area contributed by atoms with E-state index in [0.717, 1.165) is 25.1 Å². The van der Waals surface area contributed by atoms with Crippen LogP contribution in [-0.2, 0) is 11.0 Å². The van der Waals surface area contributed by atoms with Crippen molar-refractivity contribution in [2.75, 3.05) is 0 Å². The van der Waals surface area contributed by atoms with Crippen molar-refractivity contribution >= 4 is 33.2 Å². The fraction of sp³-hybridized carbons (Fsp3) is 0.133. The Hall–Kier alpha value is -2.42. The molecular weight excluding hydrogens is 393 g/mol. The molecule has 0 fully saturated rings. The van der Waals surface area contributed by atoms with E-state index in [9.17, 15) is 23.1 Å². The molecule has 0 radical (unpaired) electrons. The first-order chi connectivity index (χ1) is 11.2. The minimum atomic E-state index is -4.52. The third kappa shape index (κ3) is 4.10. The quantitative estimate of drug-likeness (QED) is 0.407. The second-order valence-corrected chi connectivity index (χ2v) is 5.45. The van der Waals surface area contributed by atoms with E-state index in [-0.39, 0.29) is 11.4 Å². The highest BCUT2D eigenvalue weighted by Crippen LogP contribution is 2.32. The average molecular weight is 403 g/mol. The molecule has 1 aromatic carbocycles. The molecule has 2 aromatic rings. The van der Waals surface area contributed by atoms with Crippen LogP contribution in [0.4, 0.5) is 18.9 Å². The summed E-state index contributed by atoms with van der Waals surface area (Å²) in [7, 11) is 0. The lowest BCUT2D eigenvalue weighted by Gasteiger charge is -2.06. The molecule has 24 heavy (non-hydrogen) atoms. The number of allylic oxidation sites excluding steroid dienone is 1. The smallest absolute Gasteiger partial charge is 0.416 e. The molecule has 0 bridgehead atoms. The summed E-state index contributed by atoms with van der Waals surface area (Å²) >= 11 is 3.12. The van der Waals surface area contributed by atoms with Gasteiger partial charge in [0.25, 0.3) is 0 Å². The van der Waals surface area contributed by atoms with E-state index in [4.69, 9.17) is 4.42 Å². The molecule has 0 unspecified atom stereocenters. The summed E-state index contributed by atoms with van der Waals surface area (Å²) in [5.41, 5.74) is -1.46. The van der Waals surface area contributed by atoms with Gasteiger partial charge in [-0.2, -0.15) is 18.3 Å². The molecule has 0 aliphatic heterocycles. The number of hydrogen-bond acceptors (Lipinski definition) is 5. The number of benzene rings is 1. The van der Waals surface area contributed by atoms with Gasteiger partial charge in [0, 0.05) is 6.92 Å². The summed E-state index contributed by atoms with van der Waals surface area (Å²) in [5.74, 6) is -1.25. The summed E-state index contributed by atoms with van der Waals surface area (Å²) in [4.78, 5) is 11.6. The van der Waals surface area contributed by atoms with Gasteiger partial charge >= 0.3 is 6.18 Å². The van der Waals surface area contributed by atoms with E-state index in [1.807, 2.05) is 0 Å². The van der Waals surface area contributed by atoms with Crippen LogP contribution in [0.2, 0.25) is 0 Å². The fourth-order valence-corrected chi connectivity index (χ4v) is 2.10. The Morgan fingerprint density at radius 2 is 2.00 bits per heavy atom. The third-order valence-corrected chi connectivity index (χ3v) is 3.45. The van der Waals surface area contributed by atoms with Crippen LogP contribution in [-0.4, -0.2) is 10.9 Å². The molecule has 2 rings (SSSR count). The Morgan fingerprint density at radius 1 is 1.29 bits per heavy atom. The lowest BCUT2D eigenvalue weighted by atomic mass is 10.2. The van der Waals surface area contributed by atoms with Crippen molar-refractivity contribution in [3.8, 4) is 0 Å². The first-order valence-corrected chi connectivity index (χ1v) is 7.26. The van der Waals surface area contributed by atoms with Crippen LogP contribution in [0.1, 0.15) is 18.2 Å². The van der Waals surface area contributed by atoms with Crippen LogP contribution in [0.5, 0.6) is 0 Å². The SMILES string of the molecule is CC(=O)C(N=Nc1cccc(C(F)(F)F)c1)=C(O)c1occc1Br. The topological polar surface area (TPSA) is 75.2 Å². The van der Waals surface area contributed by atoms with E-state index in [1.165, 1.54) is 18.4 Å². The van der Waals surface area contributed by atoms with Gasteiger partial charge in [0.05, 0.1) is 22.0 Å². The second-order valence-electron chi connectivity index (χ2n) is 4.60. The molecule has 1 heterocycles. The molecule has 0 amide bonds. The lowest BCUT2D eigenvalue weighted by Crippen LogP contribution is -2.03. The van der Waals surface area contributed by atoms with Crippen LogP contribution in [0.25, 0.3) is 5.76 Å². The number of rotatable bonds is 4. The number of Topliss-reactive ketones (excluding diaryl/α,β-unsaturated/α-hetero) is 1. The van der Waals surface area contributed by atoms with Gasteiger partial charge in [0.1, 0.15) is 0 Å². The van der Waals surface area contributed by atoms with Crippen molar-refractivity contribution < 1.29 is 27.5 Å². The Labute approximate surface area is 142 Å². The number of halogens is 4. The summed E-state index contributed by atoms with van der Waals surface area (Å²) in [6, 6.07) is 5.61. The molecule has 0 saturated heterocycles. The van der Waals surface area contributed by atoms with Crippen molar-refractivity contribution in [2.24, 2.45) is 10.2 Å². The maximum Gasteiger partial charge on any atom is 0.416 e. The number of nitrogens with zero attached hydrogens (tertiary/aromatic N) is 2. The van der Waals surface area contributed by atoms with E-state index < -0.39 is 29.0 Å². The van der Waals surface area contributed by atoms with Gasteiger partial charge < -0.3 is 9.52 Å². The largest absolute Gasteiger partial charge is 0.503 e. The molecule has 9 heteroatoms. The zero-order valence-corrected chi connectivity index (χ0v) is 13.7. The normalized spacial score (nSPS) is 13.2. The van der Waals surface area contributed by atoms with E-state index in [0.29, 0.717) is 4.47 Å². The minimum Gasteiger partial charge on any atom is -0.503 e. The number of azo groups is 1. The van der Waals surface area contributed by atoms with Gasteiger partial charge in [-0.15, -0.1) is 5.11 Å². The molecule has 0 aliphatic carbocycles. The molecule has 5 nitrogen and oxygen atoms in total. The van der Waals surface area contributed by atoms with Crippen LogP contribution in [0.15, 0.2) is 61.4 Å². The lowest BCUT2D eigenvalue weighted by molar-refractivity contribution is -0.137. The summed E-state index contributed by atoms with van der Waals surface area (Å²) in [5, 5.41) is 17.2. The van der Waals surface area contributed by atoms with Gasteiger partial charge in [-0.25, -0.2) is 0 Å². The van der Waals surface area contributed by atoms with Crippen molar-refractivity contribution in [1.29, 1.82) is 0 Å². The number of alkyl halides is 3. The predicted octanol–water partition coefficient (Wildman–Crippen LogP) is 5.66. The standard InChI is InChI=1S/C15H10BrF3N2O3/c1-8(22)12(13(23)14-11(16)5-6-24-14)21-20-10-4-2-3-9(7-10)15(17,18)19/h2-7,23H,1H3. The Kier molecular flexibility index (Phi) is 5.23. The highest BCUT2D eigenvalue weighted by Gasteiger charge is 2.30. The molecule has 0 saturated carbocycles. The highest BCUT2D eigenvalue weighted by atomic mass is 79.9. The Bertz CT molecular complexity index is 825. The predicted molar refractivity (Wildman–Crippen MR) is 82.6 cm³/mol. The van der Waals surface area contributed by atoms with Crippen molar-refractivity contribution in [3.63, 3.8) is 0 Å². The molecule has 0 atom stereocenters. The third-order valence-electron chi connectivity index (χ3n) is 2.83. The number of hydrogen-bond donors (Lipinski definition) is 1. The zero-order valence-electron chi connectivity index (χ0n) is 12.1. The summed E-state index contributed by atoms with van der Waals surface area (Å²) in [6.07, 6.45) is -3.25. The molecule has 1 N–H and O–H groups in total. The summed E-state index contributed by atoms with van der Waals surface area (Å²) < 4.78 is 43.4. The van der Waals surface area contributed by atoms with Gasteiger partial charge in [0.15, 0.2) is 23.0 Å². The number of aliphatic hydroxyl groups is 1. The first kappa shape index (κ1) is 17.9. The van der Waals surface area contributed by atoms with E-state index in [1.54, 1.807) is 0 Å². The van der Waals surface area contributed by atoms with Crippen molar-refractivity contribution in [1.82, 2.24) is 0 Å². The maximum atomic E-state index is 12.7. The fourth-order valence-electron chi connectivity index (χ4n) is 1.71. The molecule has 1 aromatic heterocycles. The molecule has 0 aliphatic rings. The van der Waals surface area contributed by atoms with E-state index in [2.05, 4.69) is 26.2 Å². The maximum absolute atomic E-state index is 12.7. The highest BCUT2D eigenvalue weighted by molar-refractivity contribution is 9.10. The number of aliphatic hydroxyl groups excluding tert-OH is 1. The van der Waals surface area contributed by atoms with Gasteiger partial charge in [-0.05, 0) is 40.2 Å². The van der Waals surface area contributed by atoms with E-state index >= 15 is 0 Å². The van der Waals surface area contributed by atoms with Crippen LogP contribution >= 0.6 is 15.9 Å². The minimum absolute atomic E-state index is 0.0387. The number of carbonyl (C=O) groups excluding carboxylic acids is 1. The van der Waals surface area contributed by atoms with Gasteiger partial charge in [-0.1, -0.05) is 6.07 Å². The van der Waals surface area contributed by atoms with Crippen molar-refractivity contribution in [2.45, 2.75) is 13.1 Å². The number of carbonyl (C=O) groups is 1. The molecule has 126 valence electrons. The zero-order chi connectivity index (χ0) is 17.9. The summed E-state index contributed by atoms with van der Waals surface area (Å²) in [6.45, 7) is 1.13. The van der Waals surface area contributed by atoms with Crippen LogP contribution in [0, 0.1) is 0 Å². The average Bonchev–Trinajstić information content (AvgIpc) is 2.92. The molecule has 0 spiro atoms. The second kappa shape index (κ2) is 7.00. The number of furan rings is 1. The Morgan fingerprint density at radius 3 is 2.54 bits per heavy atom. The number of ketones is 1. The monoisotopic (exact) mass is 402 g/mol. The Balaban J connectivity index is 2.41. The van der Waals surface area contributed by atoms with Gasteiger partial charge in [-0.3, -0.25) is 4.79 Å². The molecular formula is C15H10BrF3N2O3.